The molecule has 0 bridgehead atoms. The molecule has 2 rings (SSSR count). The van der Waals surface area contributed by atoms with Gasteiger partial charge in [-0.1, -0.05) is 19.1 Å². The van der Waals surface area contributed by atoms with Crippen LogP contribution in [-0.4, -0.2) is 27.8 Å². The molecule has 20 heavy (non-hydrogen) atoms. The zero-order valence-electron chi connectivity index (χ0n) is 11.9. The molecule has 1 aromatic carbocycles. The normalized spacial score (nSPS) is 17.2. The van der Waals surface area contributed by atoms with Crippen LogP contribution in [0.25, 0.3) is 0 Å². The van der Waals surface area contributed by atoms with Crippen molar-refractivity contribution < 1.29 is 13.2 Å². The van der Waals surface area contributed by atoms with E-state index in [-0.39, 0.29) is 6.04 Å². The molecule has 0 fully saturated rings. The van der Waals surface area contributed by atoms with E-state index in [2.05, 4.69) is 12.2 Å². The zero-order valence-corrected chi connectivity index (χ0v) is 12.7. The summed E-state index contributed by atoms with van der Waals surface area (Å²) in [6.45, 7) is 3.67. The summed E-state index contributed by atoms with van der Waals surface area (Å²) in [6.07, 6.45) is 5.09. The van der Waals surface area contributed by atoms with Crippen molar-refractivity contribution in [3.8, 4) is 0 Å². The molecule has 0 radical (unpaired) electrons. The van der Waals surface area contributed by atoms with Gasteiger partial charge in [0.2, 0.25) is 0 Å². The van der Waals surface area contributed by atoms with Crippen LogP contribution < -0.4 is 5.32 Å². The predicted molar refractivity (Wildman–Crippen MR) is 79.2 cm³/mol. The smallest absolute Gasteiger partial charge is 0.175 e. The highest BCUT2D eigenvalue weighted by Crippen LogP contribution is 2.28. The third kappa shape index (κ3) is 3.61. The molecule has 1 atom stereocenters. The molecule has 4 nitrogen and oxygen atoms in total. The van der Waals surface area contributed by atoms with E-state index < -0.39 is 9.84 Å². The lowest BCUT2D eigenvalue weighted by Crippen LogP contribution is -2.24. The fraction of sp³-hybridized carbons (Fsp3) is 0.467. The molecule has 110 valence electrons. The Bertz CT molecular complexity index is 576. The zero-order chi connectivity index (χ0) is 14.6. The van der Waals surface area contributed by atoms with Crippen LogP contribution >= 0.6 is 0 Å². The van der Waals surface area contributed by atoms with Crippen molar-refractivity contribution in [2.45, 2.75) is 30.7 Å². The summed E-state index contributed by atoms with van der Waals surface area (Å²) in [7, 11) is -3.14. The van der Waals surface area contributed by atoms with Gasteiger partial charge in [-0.2, -0.15) is 0 Å². The lowest BCUT2D eigenvalue weighted by atomic mass is 9.95. The maximum atomic E-state index is 11.5. The van der Waals surface area contributed by atoms with Crippen molar-refractivity contribution in [2.24, 2.45) is 0 Å². The second-order valence-corrected chi connectivity index (χ2v) is 7.01. The molecule has 0 aromatic heterocycles. The van der Waals surface area contributed by atoms with Gasteiger partial charge in [-0.25, -0.2) is 8.42 Å². The average molecular weight is 295 g/mol. The maximum absolute atomic E-state index is 11.5. The molecule has 1 aliphatic rings. The second-order valence-electron chi connectivity index (χ2n) is 5.00. The van der Waals surface area contributed by atoms with Crippen LogP contribution in [-0.2, 0) is 14.6 Å². The molecule has 0 saturated carbocycles. The highest BCUT2D eigenvalue weighted by Gasteiger charge is 2.18. The SMILES string of the molecule is CCNC(C1=COCCC1)c1ccc(S(C)(=O)=O)cc1. The first-order valence-corrected chi connectivity index (χ1v) is 8.75. The van der Waals surface area contributed by atoms with E-state index in [0.29, 0.717) is 4.90 Å². The molecule has 1 heterocycles. The van der Waals surface area contributed by atoms with E-state index in [0.717, 1.165) is 31.6 Å². The number of sulfone groups is 1. The van der Waals surface area contributed by atoms with Crippen LogP contribution in [0.5, 0.6) is 0 Å². The summed E-state index contributed by atoms with van der Waals surface area (Å²) in [5, 5.41) is 3.43. The molecule has 0 spiro atoms. The van der Waals surface area contributed by atoms with Crippen molar-refractivity contribution in [3.05, 3.63) is 41.7 Å². The minimum Gasteiger partial charge on any atom is -0.501 e. The van der Waals surface area contributed by atoms with Gasteiger partial charge in [0.05, 0.1) is 23.8 Å². The lowest BCUT2D eigenvalue weighted by molar-refractivity contribution is 0.219. The predicted octanol–water partition coefficient (Wildman–Crippen LogP) is 2.44. The van der Waals surface area contributed by atoms with Crippen LogP contribution in [0.2, 0.25) is 0 Å². The van der Waals surface area contributed by atoms with Gasteiger partial charge in [0.1, 0.15) is 0 Å². The standard InChI is InChI=1S/C15H21NO3S/c1-3-16-15(13-5-4-10-19-11-13)12-6-8-14(9-7-12)20(2,17)18/h6-9,11,15-16H,3-5,10H2,1-2H3. The summed E-state index contributed by atoms with van der Waals surface area (Å²) in [4.78, 5) is 0.352. The fourth-order valence-corrected chi connectivity index (χ4v) is 3.00. The fourth-order valence-electron chi connectivity index (χ4n) is 2.37. The maximum Gasteiger partial charge on any atom is 0.175 e. The Morgan fingerprint density at radius 3 is 2.50 bits per heavy atom. The van der Waals surface area contributed by atoms with E-state index in [9.17, 15) is 8.42 Å². The van der Waals surface area contributed by atoms with Crippen molar-refractivity contribution in [3.63, 3.8) is 0 Å². The summed E-state index contributed by atoms with van der Waals surface area (Å²) >= 11 is 0. The van der Waals surface area contributed by atoms with Crippen molar-refractivity contribution >= 4 is 9.84 Å². The Labute approximate surface area is 120 Å². The first kappa shape index (κ1) is 15.1. The molecule has 1 unspecified atom stereocenters. The van der Waals surface area contributed by atoms with Gasteiger partial charge < -0.3 is 10.1 Å². The molecule has 0 saturated heterocycles. The minimum atomic E-state index is -3.14. The minimum absolute atomic E-state index is 0.0916. The number of benzene rings is 1. The third-order valence-corrected chi connectivity index (χ3v) is 4.51. The Kier molecular flexibility index (Phi) is 4.83. The van der Waals surface area contributed by atoms with Gasteiger partial charge in [-0.05, 0) is 42.7 Å². The van der Waals surface area contributed by atoms with Crippen LogP contribution in [0, 0.1) is 0 Å². The molecule has 5 heteroatoms. The lowest BCUT2D eigenvalue weighted by Gasteiger charge is -2.24. The van der Waals surface area contributed by atoms with E-state index in [1.807, 2.05) is 18.4 Å². The van der Waals surface area contributed by atoms with Gasteiger partial charge in [0.25, 0.3) is 0 Å². The second kappa shape index (κ2) is 6.41. The number of likely N-dealkylation sites (N-methyl/N-ethyl adjacent to an activating group) is 1. The first-order valence-electron chi connectivity index (χ1n) is 6.86. The topological polar surface area (TPSA) is 55.4 Å². The molecule has 0 aliphatic carbocycles. The first-order chi connectivity index (χ1) is 9.52. The highest BCUT2D eigenvalue weighted by atomic mass is 32.2. The van der Waals surface area contributed by atoms with E-state index in [4.69, 9.17) is 4.74 Å². The molecule has 0 amide bonds. The summed E-state index contributed by atoms with van der Waals surface area (Å²) < 4.78 is 28.4. The summed E-state index contributed by atoms with van der Waals surface area (Å²) in [5.74, 6) is 0. The number of hydrogen-bond donors (Lipinski definition) is 1. The average Bonchev–Trinajstić information content (AvgIpc) is 2.45. The van der Waals surface area contributed by atoms with Gasteiger partial charge in [0, 0.05) is 6.26 Å². The Morgan fingerprint density at radius 1 is 1.30 bits per heavy atom. The van der Waals surface area contributed by atoms with E-state index in [1.54, 1.807) is 12.1 Å². The van der Waals surface area contributed by atoms with E-state index in [1.165, 1.54) is 11.8 Å². The van der Waals surface area contributed by atoms with Crippen molar-refractivity contribution in [1.82, 2.24) is 5.32 Å². The number of nitrogens with one attached hydrogen (secondary N) is 1. The van der Waals surface area contributed by atoms with Crippen LogP contribution in [0.1, 0.15) is 31.4 Å². The summed E-state index contributed by atoms with van der Waals surface area (Å²) in [6, 6.07) is 7.17. The largest absolute Gasteiger partial charge is 0.501 e. The quantitative estimate of drug-likeness (QED) is 0.906. The molecular weight excluding hydrogens is 274 g/mol. The van der Waals surface area contributed by atoms with Crippen molar-refractivity contribution in [1.29, 1.82) is 0 Å². The Morgan fingerprint density at radius 2 is 2.00 bits per heavy atom. The summed E-state index contributed by atoms with van der Waals surface area (Å²) in [5.41, 5.74) is 2.28. The van der Waals surface area contributed by atoms with Gasteiger partial charge in [-0.15, -0.1) is 0 Å². The Hall–Kier alpha value is -1.33. The monoisotopic (exact) mass is 295 g/mol. The molecule has 1 N–H and O–H groups in total. The molecular formula is C15H21NO3S. The van der Waals surface area contributed by atoms with Crippen LogP contribution in [0.3, 0.4) is 0 Å². The van der Waals surface area contributed by atoms with Crippen molar-refractivity contribution in [2.75, 3.05) is 19.4 Å². The van der Waals surface area contributed by atoms with Crippen LogP contribution in [0.4, 0.5) is 0 Å². The third-order valence-electron chi connectivity index (χ3n) is 3.38. The van der Waals surface area contributed by atoms with Gasteiger partial charge >= 0.3 is 0 Å². The number of hydrogen-bond acceptors (Lipinski definition) is 4. The number of ether oxygens (including phenoxy) is 1. The highest BCUT2D eigenvalue weighted by molar-refractivity contribution is 7.90. The number of rotatable bonds is 5. The van der Waals surface area contributed by atoms with Gasteiger partial charge in [0.15, 0.2) is 9.84 Å². The Balaban J connectivity index is 2.27. The van der Waals surface area contributed by atoms with Crippen LogP contribution in [0.15, 0.2) is 41.0 Å². The van der Waals surface area contributed by atoms with Gasteiger partial charge in [-0.3, -0.25) is 0 Å². The molecule has 1 aromatic rings. The van der Waals surface area contributed by atoms with E-state index >= 15 is 0 Å². The molecule has 1 aliphatic heterocycles.